The standard InChI is InChI=1S/C16H13BrClFN2/c1-10-2-5-15-14(8-10)20-16(6-7-18)21(15)11-3-4-13(19)12(17)9-11/h2-5,8-9H,6-7H2,1H3. The van der Waals surface area contributed by atoms with Gasteiger partial charge >= 0.3 is 0 Å². The first kappa shape index (κ1) is 14.5. The molecule has 0 bridgehead atoms. The van der Waals surface area contributed by atoms with E-state index in [1.807, 2.05) is 29.7 Å². The van der Waals surface area contributed by atoms with Crippen LogP contribution in [-0.4, -0.2) is 15.4 Å². The first-order valence-electron chi connectivity index (χ1n) is 6.59. The summed E-state index contributed by atoms with van der Waals surface area (Å²) in [6, 6.07) is 11.1. The van der Waals surface area contributed by atoms with Crippen molar-refractivity contribution in [3.8, 4) is 5.69 Å². The van der Waals surface area contributed by atoms with Crippen LogP contribution in [0.25, 0.3) is 16.7 Å². The Bertz CT molecular complexity index is 813. The maximum Gasteiger partial charge on any atom is 0.137 e. The molecule has 3 rings (SSSR count). The molecule has 2 nitrogen and oxygen atoms in total. The fraction of sp³-hybridized carbons (Fsp3) is 0.188. The van der Waals surface area contributed by atoms with Crippen LogP contribution in [0, 0.1) is 12.7 Å². The number of nitrogens with zero attached hydrogens (tertiary/aromatic N) is 2. The Kier molecular flexibility index (Phi) is 4.00. The Morgan fingerprint density at radius 2 is 2.05 bits per heavy atom. The van der Waals surface area contributed by atoms with Gasteiger partial charge in [-0.3, -0.25) is 4.57 Å². The van der Waals surface area contributed by atoms with Crippen LogP contribution < -0.4 is 0 Å². The Labute approximate surface area is 135 Å². The van der Waals surface area contributed by atoms with Crippen molar-refractivity contribution in [2.24, 2.45) is 0 Å². The highest BCUT2D eigenvalue weighted by Crippen LogP contribution is 2.26. The first-order chi connectivity index (χ1) is 10.1. The number of aryl methyl sites for hydroxylation is 2. The summed E-state index contributed by atoms with van der Waals surface area (Å²) in [5, 5.41) is 0. The highest BCUT2D eigenvalue weighted by Gasteiger charge is 2.13. The number of hydrogen-bond donors (Lipinski definition) is 0. The van der Waals surface area contributed by atoms with E-state index in [9.17, 15) is 4.39 Å². The largest absolute Gasteiger partial charge is 0.296 e. The smallest absolute Gasteiger partial charge is 0.137 e. The molecule has 0 saturated carbocycles. The molecule has 5 heteroatoms. The normalized spacial score (nSPS) is 11.2. The van der Waals surface area contributed by atoms with Gasteiger partial charge in [0.05, 0.1) is 15.5 Å². The van der Waals surface area contributed by atoms with E-state index in [1.54, 1.807) is 12.1 Å². The molecule has 0 aliphatic rings. The zero-order valence-electron chi connectivity index (χ0n) is 11.4. The van der Waals surface area contributed by atoms with Crippen molar-refractivity contribution in [1.29, 1.82) is 0 Å². The fourth-order valence-electron chi connectivity index (χ4n) is 2.40. The molecule has 3 aromatic rings. The third-order valence-corrected chi connectivity index (χ3v) is 4.16. The summed E-state index contributed by atoms with van der Waals surface area (Å²) >= 11 is 9.12. The predicted molar refractivity (Wildman–Crippen MR) is 87.9 cm³/mol. The van der Waals surface area contributed by atoms with Crippen LogP contribution in [0.15, 0.2) is 40.9 Å². The maximum atomic E-state index is 13.5. The average Bonchev–Trinajstić information content (AvgIpc) is 2.79. The fourth-order valence-corrected chi connectivity index (χ4v) is 2.94. The average molecular weight is 368 g/mol. The van der Waals surface area contributed by atoms with Gasteiger partial charge in [-0.05, 0) is 58.7 Å². The van der Waals surface area contributed by atoms with Crippen LogP contribution in [0.5, 0.6) is 0 Å². The molecule has 0 spiro atoms. The van der Waals surface area contributed by atoms with Crippen LogP contribution >= 0.6 is 27.5 Å². The molecule has 21 heavy (non-hydrogen) atoms. The Morgan fingerprint density at radius 1 is 1.24 bits per heavy atom. The van der Waals surface area contributed by atoms with Crippen molar-refractivity contribution in [2.45, 2.75) is 13.3 Å². The van der Waals surface area contributed by atoms with Gasteiger partial charge in [0.25, 0.3) is 0 Å². The summed E-state index contributed by atoms with van der Waals surface area (Å²) in [7, 11) is 0. The van der Waals surface area contributed by atoms with Gasteiger partial charge in [0.1, 0.15) is 11.6 Å². The Balaban J connectivity index is 2.27. The van der Waals surface area contributed by atoms with Crippen molar-refractivity contribution < 1.29 is 4.39 Å². The Morgan fingerprint density at radius 3 is 2.76 bits per heavy atom. The summed E-state index contributed by atoms with van der Waals surface area (Å²) in [5.41, 5.74) is 3.95. The van der Waals surface area contributed by atoms with Crippen molar-refractivity contribution in [3.05, 3.63) is 58.1 Å². The van der Waals surface area contributed by atoms with E-state index >= 15 is 0 Å². The minimum Gasteiger partial charge on any atom is -0.296 e. The lowest BCUT2D eigenvalue weighted by molar-refractivity contribution is 0.620. The van der Waals surface area contributed by atoms with E-state index in [0.717, 1.165) is 28.1 Å². The molecule has 108 valence electrons. The molecule has 0 N–H and O–H groups in total. The van der Waals surface area contributed by atoms with Crippen LogP contribution in [0.2, 0.25) is 0 Å². The van der Waals surface area contributed by atoms with Crippen LogP contribution in [0.4, 0.5) is 4.39 Å². The predicted octanol–water partition coefficient (Wildman–Crippen LogP) is 5.02. The number of fused-ring (bicyclic) bond motifs is 1. The molecule has 2 aromatic carbocycles. The molecule has 1 aromatic heterocycles. The zero-order chi connectivity index (χ0) is 15.0. The molecular formula is C16H13BrClFN2. The number of rotatable bonds is 3. The number of alkyl halides is 1. The minimum atomic E-state index is -0.280. The van der Waals surface area contributed by atoms with E-state index < -0.39 is 0 Å². The second kappa shape index (κ2) is 5.78. The topological polar surface area (TPSA) is 17.8 Å². The lowest BCUT2D eigenvalue weighted by Gasteiger charge is -2.09. The first-order valence-corrected chi connectivity index (χ1v) is 7.92. The highest BCUT2D eigenvalue weighted by atomic mass is 79.9. The monoisotopic (exact) mass is 366 g/mol. The molecule has 0 aliphatic carbocycles. The SMILES string of the molecule is Cc1ccc2c(c1)nc(CCCl)n2-c1ccc(F)c(Br)c1. The van der Waals surface area contributed by atoms with Crippen LogP contribution in [0.3, 0.4) is 0 Å². The summed E-state index contributed by atoms with van der Waals surface area (Å²) in [6.45, 7) is 2.04. The van der Waals surface area contributed by atoms with E-state index in [4.69, 9.17) is 11.6 Å². The van der Waals surface area contributed by atoms with Crippen LogP contribution in [-0.2, 0) is 6.42 Å². The van der Waals surface area contributed by atoms with E-state index in [2.05, 4.69) is 20.9 Å². The molecule has 1 heterocycles. The summed E-state index contributed by atoms with van der Waals surface area (Å²) < 4.78 is 15.9. The molecule has 0 saturated heterocycles. The molecule has 0 amide bonds. The number of imidazole rings is 1. The molecular weight excluding hydrogens is 355 g/mol. The molecule has 0 fully saturated rings. The van der Waals surface area contributed by atoms with E-state index in [1.165, 1.54) is 6.07 Å². The molecule has 0 radical (unpaired) electrons. The van der Waals surface area contributed by atoms with Crippen molar-refractivity contribution in [3.63, 3.8) is 0 Å². The van der Waals surface area contributed by atoms with Gasteiger partial charge in [0.2, 0.25) is 0 Å². The van der Waals surface area contributed by atoms with Gasteiger partial charge < -0.3 is 0 Å². The summed E-state index contributed by atoms with van der Waals surface area (Å²) in [6.07, 6.45) is 0.657. The second-order valence-corrected chi connectivity index (χ2v) is 6.13. The number of halogens is 3. The third-order valence-electron chi connectivity index (χ3n) is 3.36. The Hall–Kier alpha value is -1.39. The van der Waals surface area contributed by atoms with Gasteiger partial charge in [-0.25, -0.2) is 9.37 Å². The minimum absolute atomic E-state index is 0.280. The lowest BCUT2D eigenvalue weighted by Crippen LogP contribution is -2.02. The third kappa shape index (κ3) is 2.70. The zero-order valence-corrected chi connectivity index (χ0v) is 13.7. The van der Waals surface area contributed by atoms with Gasteiger partial charge in [-0.2, -0.15) is 0 Å². The molecule has 0 atom stereocenters. The highest BCUT2D eigenvalue weighted by molar-refractivity contribution is 9.10. The molecule has 0 aliphatic heterocycles. The van der Waals surface area contributed by atoms with Crippen LogP contribution in [0.1, 0.15) is 11.4 Å². The van der Waals surface area contributed by atoms with Gasteiger partial charge in [0, 0.05) is 18.0 Å². The van der Waals surface area contributed by atoms with Gasteiger partial charge in [-0.1, -0.05) is 6.07 Å². The number of benzene rings is 2. The van der Waals surface area contributed by atoms with Crippen molar-refractivity contribution in [2.75, 3.05) is 5.88 Å². The second-order valence-electron chi connectivity index (χ2n) is 4.89. The van der Waals surface area contributed by atoms with E-state index in [0.29, 0.717) is 16.8 Å². The number of hydrogen-bond acceptors (Lipinski definition) is 1. The van der Waals surface area contributed by atoms with Gasteiger partial charge in [-0.15, -0.1) is 11.6 Å². The van der Waals surface area contributed by atoms with Gasteiger partial charge in [0.15, 0.2) is 0 Å². The van der Waals surface area contributed by atoms with E-state index in [-0.39, 0.29) is 5.82 Å². The number of aromatic nitrogens is 2. The summed E-state index contributed by atoms with van der Waals surface area (Å²) in [5.74, 6) is 1.09. The molecule has 0 unspecified atom stereocenters. The van der Waals surface area contributed by atoms with Crippen molar-refractivity contribution >= 4 is 38.6 Å². The lowest BCUT2D eigenvalue weighted by atomic mass is 10.2. The summed E-state index contributed by atoms with van der Waals surface area (Å²) in [4.78, 5) is 4.66. The quantitative estimate of drug-likeness (QED) is 0.595. The maximum absolute atomic E-state index is 13.5. The van der Waals surface area contributed by atoms with Crippen molar-refractivity contribution in [1.82, 2.24) is 9.55 Å².